The highest BCUT2D eigenvalue weighted by Gasteiger charge is 1.91. The second-order valence-electron chi connectivity index (χ2n) is 2.46. The van der Waals surface area contributed by atoms with E-state index in [4.69, 9.17) is 15.7 Å². The van der Waals surface area contributed by atoms with E-state index >= 15 is 0 Å². The molecule has 4 N–H and O–H groups in total. The maximum atomic E-state index is 8.19. The third kappa shape index (κ3) is 8.84. The van der Waals surface area contributed by atoms with Crippen LogP contribution in [0.5, 0.6) is 0 Å². The van der Waals surface area contributed by atoms with Gasteiger partial charge < -0.3 is 21.0 Å². The zero-order chi connectivity index (χ0) is 9.94. The normalized spacial score (nSPS) is 11.5. The summed E-state index contributed by atoms with van der Waals surface area (Å²) in [5.74, 6) is 0.172. The zero-order valence-electron chi connectivity index (χ0n) is 7.70. The zero-order valence-corrected chi connectivity index (χ0v) is 7.70. The first-order valence-electron chi connectivity index (χ1n) is 4.17. The van der Waals surface area contributed by atoms with Gasteiger partial charge in [-0.15, -0.1) is 6.58 Å². The Balaban J connectivity index is 3.04. The molecule has 0 aromatic rings. The number of nitrogens with zero attached hydrogens (tertiary/aromatic N) is 1. The van der Waals surface area contributed by atoms with Crippen LogP contribution in [0.4, 0.5) is 0 Å². The lowest BCUT2D eigenvalue weighted by Gasteiger charge is -2.03. The molecule has 0 heterocycles. The molecule has 0 saturated carbocycles. The van der Waals surface area contributed by atoms with Crippen molar-refractivity contribution in [3.63, 3.8) is 0 Å². The lowest BCUT2D eigenvalue weighted by atomic mass is 10.4. The highest BCUT2D eigenvalue weighted by Crippen LogP contribution is 1.81. The van der Waals surface area contributed by atoms with Crippen LogP contribution in [0.1, 0.15) is 6.42 Å². The molecular formula is C8H17N3O2. The van der Waals surface area contributed by atoms with Crippen LogP contribution in [0.15, 0.2) is 17.8 Å². The fraction of sp³-hybridized carbons (Fsp3) is 0.625. The largest absolute Gasteiger partial charge is 0.409 e. The van der Waals surface area contributed by atoms with Crippen molar-refractivity contribution in [2.45, 2.75) is 6.42 Å². The molecule has 0 aromatic heterocycles. The van der Waals surface area contributed by atoms with Gasteiger partial charge in [-0.3, -0.25) is 0 Å². The van der Waals surface area contributed by atoms with E-state index in [0.29, 0.717) is 26.3 Å². The summed E-state index contributed by atoms with van der Waals surface area (Å²) in [6, 6.07) is 0. The molecule has 0 atom stereocenters. The van der Waals surface area contributed by atoms with E-state index in [9.17, 15) is 0 Å². The number of hydrogen-bond donors (Lipinski definition) is 3. The van der Waals surface area contributed by atoms with E-state index in [-0.39, 0.29) is 5.84 Å². The quantitative estimate of drug-likeness (QED) is 0.124. The van der Waals surface area contributed by atoms with Crippen LogP contribution in [-0.2, 0) is 4.74 Å². The summed E-state index contributed by atoms with van der Waals surface area (Å²) in [5, 5.41) is 13.9. The third-order valence-electron chi connectivity index (χ3n) is 1.32. The standard InChI is InChI=1S/C8H17N3O2/c1-2-3-5-13-6-4-10-7-8(9)11-12/h2,10,12H,1,3-7H2,(H2,9,11). The molecule has 0 rings (SSSR count). The molecule has 0 amide bonds. The summed E-state index contributed by atoms with van der Waals surface area (Å²) in [6.07, 6.45) is 2.67. The van der Waals surface area contributed by atoms with Gasteiger partial charge in [-0.25, -0.2) is 0 Å². The van der Waals surface area contributed by atoms with Crippen LogP contribution < -0.4 is 11.1 Å². The minimum atomic E-state index is 0.172. The Labute approximate surface area is 78.3 Å². The minimum Gasteiger partial charge on any atom is -0.409 e. The monoisotopic (exact) mass is 187 g/mol. The van der Waals surface area contributed by atoms with E-state index < -0.39 is 0 Å². The molecule has 0 aromatic carbocycles. The second kappa shape index (κ2) is 9.02. The molecule has 0 saturated heterocycles. The Morgan fingerprint density at radius 2 is 2.38 bits per heavy atom. The van der Waals surface area contributed by atoms with E-state index in [1.807, 2.05) is 6.08 Å². The number of ether oxygens (including phenoxy) is 1. The Kier molecular flexibility index (Phi) is 8.28. The van der Waals surface area contributed by atoms with E-state index in [1.165, 1.54) is 0 Å². The van der Waals surface area contributed by atoms with E-state index in [1.54, 1.807) is 0 Å². The van der Waals surface area contributed by atoms with Crippen molar-refractivity contribution in [3.05, 3.63) is 12.7 Å². The Bertz CT molecular complexity index is 159. The van der Waals surface area contributed by atoms with Gasteiger partial charge in [-0.2, -0.15) is 0 Å². The molecular weight excluding hydrogens is 170 g/mol. The van der Waals surface area contributed by atoms with Crippen LogP contribution in [0.2, 0.25) is 0 Å². The number of rotatable bonds is 8. The van der Waals surface area contributed by atoms with Gasteiger partial charge >= 0.3 is 0 Å². The van der Waals surface area contributed by atoms with Crippen molar-refractivity contribution in [2.24, 2.45) is 10.9 Å². The first kappa shape index (κ1) is 11.9. The summed E-state index contributed by atoms with van der Waals surface area (Å²) in [6.45, 7) is 5.94. The van der Waals surface area contributed by atoms with Gasteiger partial charge in [0.15, 0.2) is 5.84 Å². The van der Waals surface area contributed by atoms with Crippen molar-refractivity contribution in [3.8, 4) is 0 Å². The maximum absolute atomic E-state index is 8.19. The average molecular weight is 187 g/mol. The fourth-order valence-corrected chi connectivity index (χ4v) is 0.665. The lowest BCUT2D eigenvalue weighted by Crippen LogP contribution is -2.31. The fourth-order valence-electron chi connectivity index (χ4n) is 0.665. The second-order valence-corrected chi connectivity index (χ2v) is 2.46. The molecule has 0 fully saturated rings. The molecule has 13 heavy (non-hydrogen) atoms. The van der Waals surface area contributed by atoms with Crippen LogP contribution in [0.25, 0.3) is 0 Å². The topological polar surface area (TPSA) is 79.9 Å². The van der Waals surface area contributed by atoms with E-state index in [0.717, 1.165) is 6.42 Å². The summed E-state index contributed by atoms with van der Waals surface area (Å²) in [5.41, 5.74) is 5.22. The molecule has 0 spiro atoms. The molecule has 0 aliphatic heterocycles. The number of nitrogens with one attached hydrogen (secondary N) is 1. The molecule has 76 valence electrons. The number of hydrogen-bond acceptors (Lipinski definition) is 4. The predicted molar refractivity (Wildman–Crippen MR) is 51.9 cm³/mol. The van der Waals surface area contributed by atoms with Gasteiger partial charge in [-0.05, 0) is 6.42 Å². The summed E-state index contributed by atoms with van der Waals surface area (Å²) < 4.78 is 5.21. The van der Waals surface area contributed by atoms with Gasteiger partial charge in [0.1, 0.15) is 0 Å². The number of oxime groups is 1. The highest BCUT2D eigenvalue weighted by atomic mass is 16.5. The van der Waals surface area contributed by atoms with Crippen LogP contribution in [-0.4, -0.2) is 37.3 Å². The first-order chi connectivity index (χ1) is 6.31. The number of nitrogens with two attached hydrogens (primary N) is 1. The van der Waals surface area contributed by atoms with Gasteiger partial charge in [0.05, 0.1) is 19.8 Å². The van der Waals surface area contributed by atoms with Crippen molar-refractivity contribution < 1.29 is 9.94 Å². The molecule has 0 unspecified atom stereocenters. The Morgan fingerprint density at radius 1 is 1.62 bits per heavy atom. The molecule has 0 aliphatic carbocycles. The van der Waals surface area contributed by atoms with Gasteiger partial charge in [0.2, 0.25) is 0 Å². The Hall–Kier alpha value is -1.07. The van der Waals surface area contributed by atoms with E-state index in [2.05, 4.69) is 17.1 Å². The van der Waals surface area contributed by atoms with Crippen molar-refractivity contribution in [1.29, 1.82) is 0 Å². The summed E-state index contributed by atoms with van der Waals surface area (Å²) in [4.78, 5) is 0. The summed E-state index contributed by atoms with van der Waals surface area (Å²) >= 11 is 0. The average Bonchev–Trinajstić information content (AvgIpc) is 2.16. The summed E-state index contributed by atoms with van der Waals surface area (Å²) in [7, 11) is 0. The van der Waals surface area contributed by atoms with Crippen molar-refractivity contribution >= 4 is 5.84 Å². The number of amidine groups is 1. The van der Waals surface area contributed by atoms with Crippen LogP contribution in [0.3, 0.4) is 0 Å². The van der Waals surface area contributed by atoms with Crippen molar-refractivity contribution in [2.75, 3.05) is 26.3 Å². The predicted octanol–water partition coefficient (Wildman–Crippen LogP) is -0.0849. The first-order valence-corrected chi connectivity index (χ1v) is 4.17. The minimum absolute atomic E-state index is 0.172. The maximum Gasteiger partial charge on any atom is 0.153 e. The Morgan fingerprint density at radius 3 is 3.00 bits per heavy atom. The molecule has 0 bridgehead atoms. The van der Waals surface area contributed by atoms with Crippen molar-refractivity contribution in [1.82, 2.24) is 5.32 Å². The molecule has 5 heteroatoms. The smallest absolute Gasteiger partial charge is 0.153 e. The molecule has 0 aliphatic rings. The van der Waals surface area contributed by atoms with Gasteiger partial charge in [0, 0.05) is 6.54 Å². The molecule has 0 radical (unpaired) electrons. The third-order valence-corrected chi connectivity index (χ3v) is 1.32. The lowest BCUT2D eigenvalue weighted by molar-refractivity contribution is 0.141. The van der Waals surface area contributed by atoms with Gasteiger partial charge in [0.25, 0.3) is 0 Å². The molecule has 5 nitrogen and oxygen atoms in total. The van der Waals surface area contributed by atoms with Crippen LogP contribution >= 0.6 is 0 Å². The van der Waals surface area contributed by atoms with Gasteiger partial charge in [-0.1, -0.05) is 11.2 Å². The van der Waals surface area contributed by atoms with Crippen LogP contribution in [0, 0.1) is 0 Å². The SMILES string of the molecule is C=CCCOCCNC/C(N)=N\O. The highest BCUT2D eigenvalue weighted by molar-refractivity contribution is 5.81.